The molecule has 1 unspecified atom stereocenters. The molecule has 5 nitrogen and oxygen atoms in total. The Morgan fingerprint density at radius 3 is 2.39 bits per heavy atom. The highest BCUT2D eigenvalue weighted by molar-refractivity contribution is 5.80. The zero-order valence-electron chi connectivity index (χ0n) is 10.3. The molecular formula is C13H16O5. The van der Waals surface area contributed by atoms with Crippen molar-refractivity contribution in [3.8, 4) is 0 Å². The minimum absolute atomic E-state index is 0.268. The van der Waals surface area contributed by atoms with E-state index >= 15 is 0 Å². The van der Waals surface area contributed by atoms with E-state index in [2.05, 4.69) is 4.74 Å². The summed E-state index contributed by atoms with van der Waals surface area (Å²) in [7, 11) is 0. The van der Waals surface area contributed by atoms with Gasteiger partial charge in [-0.1, -0.05) is 30.3 Å². The van der Waals surface area contributed by atoms with Gasteiger partial charge in [-0.25, -0.2) is 9.59 Å². The normalized spacial score (nSPS) is 12.0. The number of carbonyl (C=O) groups excluding carboxylic acids is 2. The number of hydrogen-bond acceptors (Lipinski definition) is 5. The van der Waals surface area contributed by atoms with Crippen molar-refractivity contribution in [2.75, 3.05) is 6.61 Å². The largest absolute Gasteiger partial charge is 0.460 e. The standard InChI is InChI=1S/C13H16O5/c1-9(2)18-11(14)8-17-13(16)12(15)10-6-4-3-5-7-10/h3-7,9,12,15H,8H2,1-2H3. The predicted octanol–water partition coefficient (Wildman–Crippen LogP) is 1.21. The molecule has 0 saturated carbocycles. The highest BCUT2D eigenvalue weighted by atomic mass is 16.6. The highest BCUT2D eigenvalue weighted by Crippen LogP contribution is 2.13. The van der Waals surface area contributed by atoms with Crippen molar-refractivity contribution >= 4 is 11.9 Å². The maximum absolute atomic E-state index is 11.5. The van der Waals surface area contributed by atoms with E-state index in [-0.39, 0.29) is 6.10 Å². The van der Waals surface area contributed by atoms with Crippen LogP contribution in [0.1, 0.15) is 25.5 Å². The molecule has 0 fully saturated rings. The number of carbonyl (C=O) groups is 2. The third-order valence-corrected chi connectivity index (χ3v) is 2.04. The van der Waals surface area contributed by atoms with E-state index in [0.717, 1.165) is 0 Å². The molecular weight excluding hydrogens is 236 g/mol. The third kappa shape index (κ3) is 4.55. The summed E-state index contributed by atoms with van der Waals surface area (Å²) < 4.78 is 9.45. The summed E-state index contributed by atoms with van der Waals surface area (Å²) in [6, 6.07) is 8.34. The van der Waals surface area contributed by atoms with Gasteiger partial charge in [0, 0.05) is 0 Å². The van der Waals surface area contributed by atoms with Gasteiger partial charge in [0.25, 0.3) is 0 Å². The smallest absolute Gasteiger partial charge is 0.344 e. The number of aliphatic hydroxyl groups is 1. The minimum atomic E-state index is -1.39. The molecule has 0 radical (unpaired) electrons. The monoisotopic (exact) mass is 252 g/mol. The Morgan fingerprint density at radius 1 is 1.22 bits per heavy atom. The van der Waals surface area contributed by atoms with Gasteiger partial charge in [-0.05, 0) is 19.4 Å². The quantitative estimate of drug-likeness (QED) is 0.797. The van der Waals surface area contributed by atoms with Crippen LogP contribution in [0.2, 0.25) is 0 Å². The van der Waals surface area contributed by atoms with Crippen molar-refractivity contribution in [2.45, 2.75) is 26.1 Å². The van der Waals surface area contributed by atoms with Crippen molar-refractivity contribution in [2.24, 2.45) is 0 Å². The fourth-order valence-corrected chi connectivity index (χ4v) is 1.28. The lowest BCUT2D eigenvalue weighted by Gasteiger charge is -2.11. The molecule has 1 atom stereocenters. The lowest BCUT2D eigenvalue weighted by Crippen LogP contribution is -2.22. The van der Waals surface area contributed by atoms with Gasteiger partial charge in [0.1, 0.15) is 0 Å². The molecule has 0 aromatic heterocycles. The first-order valence-corrected chi connectivity index (χ1v) is 5.60. The van der Waals surface area contributed by atoms with Gasteiger partial charge in [0.2, 0.25) is 0 Å². The maximum atomic E-state index is 11.5. The fourth-order valence-electron chi connectivity index (χ4n) is 1.28. The molecule has 0 amide bonds. The number of esters is 2. The SMILES string of the molecule is CC(C)OC(=O)COC(=O)C(O)c1ccccc1. The van der Waals surface area contributed by atoms with E-state index in [1.807, 2.05) is 0 Å². The van der Waals surface area contributed by atoms with E-state index in [0.29, 0.717) is 5.56 Å². The molecule has 0 saturated heterocycles. The Bertz CT molecular complexity index is 399. The first kappa shape index (κ1) is 14.2. The van der Waals surface area contributed by atoms with Crippen LogP contribution < -0.4 is 0 Å². The Labute approximate surface area is 105 Å². The Balaban J connectivity index is 2.44. The van der Waals surface area contributed by atoms with Gasteiger partial charge in [0.15, 0.2) is 12.7 Å². The highest BCUT2D eigenvalue weighted by Gasteiger charge is 2.20. The number of aliphatic hydroxyl groups excluding tert-OH is 1. The molecule has 5 heteroatoms. The molecule has 0 aliphatic heterocycles. The number of hydrogen-bond donors (Lipinski definition) is 1. The van der Waals surface area contributed by atoms with Crippen molar-refractivity contribution in [3.63, 3.8) is 0 Å². The molecule has 1 rings (SSSR count). The van der Waals surface area contributed by atoms with Crippen molar-refractivity contribution in [1.29, 1.82) is 0 Å². The minimum Gasteiger partial charge on any atom is -0.460 e. The van der Waals surface area contributed by atoms with Crippen LogP contribution >= 0.6 is 0 Å². The van der Waals surface area contributed by atoms with Crippen LogP contribution in [-0.2, 0) is 19.1 Å². The Kier molecular flexibility index (Phi) is 5.32. The van der Waals surface area contributed by atoms with Gasteiger partial charge >= 0.3 is 11.9 Å². The molecule has 98 valence electrons. The summed E-state index contributed by atoms with van der Waals surface area (Å²) in [5.41, 5.74) is 0.416. The zero-order valence-corrected chi connectivity index (χ0v) is 10.3. The summed E-state index contributed by atoms with van der Waals surface area (Å²) in [6.07, 6.45) is -1.66. The second-order valence-electron chi connectivity index (χ2n) is 3.96. The first-order chi connectivity index (χ1) is 8.50. The molecule has 0 aliphatic rings. The van der Waals surface area contributed by atoms with E-state index < -0.39 is 24.6 Å². The topological polar surface area (TPSA) is 72.8 Å². The molecule has 0 bridgehead atoms. The second-order valence-corrected chi connectivity index (χ2v) is 3.96. The summed E-state index contributed by atoms with van der Waals surface area (Å²) in [5.74, 6) is -1.51. The van der Waals surface area contributed by atoms with Crippen molar-refractivity contribution in [1.82, 2.24) is 0 Å². The molecule has 1 N–H and O–H groups in total. The third-order valence-electron chi connectivity index (χ3n) is 2.04. The van der Waals surface area contributed by atoms with Crippen LogP contribution in [0, 0.1) is 0 Å². The van der Waals surface area contributed by atoms with Crippen LogP contribution in [0.15, 0.2) is 30.3 Å². The average molecular weight is 252 g/mol. The summed E-state index contributed by atoms with van der Waals surface area (Å²) in [6.45, 7) is 2.89. The van der Waals surface area contributed by atoms with Crippen LogP contribution in [0.3, 0.4) is 0 Å². The molecule has 1 aromatic carbocycles. The van der Waals surface area contributed by atoms with E-state index in [1.165, 1.54) is 0 Å². The van der Waals surface area contributed by atoms with Gasteiger partial charge in [0.05, 0.1) is 6.10 Å². The van der Waals surface area contributed by atoms with Gasteiger partial charge < -0.3 is 14.6 Å². The van der Waals surface area contributed by atoms with Crippen LogP contribution in [0.25, 0.3) is 0 Å². The number of ether oxygens (including phenoxy) is 2. The molecule has 18 heavy (non-hydrogen) atoms. The van der Waals surface area contributed by atoms with E-state index in [1.54, 1.807) is 44.2 Å². The first-order valence-electron chi connectivity index (χ1n) is 5.60. The maximum Gasteiger partial charge on any atom is 0.344 e. The molecule has 0 aliphatic carbocycles. The summed E-state index contributed by atoms with van der Waals surface area (Å²) in [5, 5.41) is 9.66. The predicted molar refractivity (Wildman–Crippen MR) is 63.6 cm³/mol. The van der Waals surface area contributed by atoms with Crippen LogP contribution in [0.5, 0.6) is 0 Å². The number of rotatable bonds is 5. The molecule has 1 aromatic rings. The molecule has 0 heterocycles. The van der Waals surface area contributed by atoms with Crippen LogP contribution in [0.4, 0.5) is 0 Å². The lowest BCUT2D eigenvalue weighted by atomic mass is 10.1. The van der Waals surface area contributed by atoms with E-state index in [4.69, 9.17) is 4.74 Å². The van der Waals surface area contributed by atoms with Crippen molar-refractivity contribution in [3.05, 3.63) is 35.9 Å². The molecule has 0 spiro atoms. The second kappa shape index (κ2) is 6.76. The number of benzene rings is 1. The lowest BCUT2D eigenvalue weighted by molar-refractivity contribution is -0.166. The Morgan fingerprint density at radius 2 is 1.83 bits per heavy atom. The van der Waals surface area contributed by atoms with Crippen LogP contribution in [-0.4, -0.2) is 29.8 Å². The summed E-state index contributed by atoms with van der Waals surface area (Å²) >= 11 is 0. The fraction of sp³-hybridized carbons (Fsp3) is 0.385. The van der Waals surface area contributed by atoms with Gasteiger partial charge in [-0.15, -0.1) is 0 Å². The summed E-state index contributed by atoms with van der Waals surface area (Å²) in [4.78, 5) is 22.6. The average Bonchev–Trinajstić information content (AvgIpc) is 2.35. The van der Waals surface area contributed by atoms with Crippen molar-refractivity contribution < 1.29 is 24.2 Å². The Hall–Kier alpha value is -1.88. The van der Waals surface area contributed by atoms with E-state index in [9.17, 15) is 14.7 Å². The van der Waals surface area contributed by atoms with Gasteiger partial charge in [-0.3, -0.25) is 0 Å². The van der Waals surface area contributed by atoms with Gasteiger partial charge in [-0.2, -0.15) is 0 Å². The zero-order chi connectivity index (χ0) is 13.5.